The van der Waals surface area contributed by atoms with Gasteiger partial charge in [-0.1, -0.05) is 12.5 Å². The van der Waals surface area contributed by atoms with Crippen molar-refractivity contribution >= 4 is 5.97 Å². The van der Waals surface area contributed by atoms with Crippen molar-refractivity contribution in [3.05, 3.63) is 40.0 Å². The molecule has 0 unspecified atom stereocenters. The van der Waals surface area contributed by atoms with Gasteiger partial charge in [0.2, 0.25) is 0 Å². The maximum absolute atomic E-state index is 11.3. The van der Waals surface area contributed by atoms with Crippen LogP contribution in [0.5, 0.6) is 0 Å². The van der Waals surface area contributed by atoms with Gasteiger partial charge in [-0.25, -0.2) is 4.79 Å². The highest BCUT2D eigenvalue weighted by atomic mass is 16.5. The van der Waals surface area contributed by atoms with E-state index in [4.69, 9.17) is 10.3 Å². The van der Waals surface area contributed by atoms with Gasteiger partial charge in [0.05, 0.1) is 18.7 Å². The normalized spacial score (nSPS) is 8.56. The van der Waals surface area contributed by atoms with Gasteiger partial charge in [0, 0.05) is 16.8 Å². The standard InChI is InChI=1S/C9H10N4O2.CH4/c1-2-15-9(14)7-3-4-11-8(5-7)6-12-13-10;/h3-5H,2,6H2,1H3;1H4. The summed E-state index contributed by atoms with van der Waals surface area (Å²) in [6, 6.07) is 3.10. The highest BCUT2D eigenvalue weighted by Crippen LogP contribution is 2.05. The van der Waals surface area contributed by atoms with Crippen LogP contribution in [0.4, 0.5) is 0 Å². The van der Waals surface area contributed by atoms with E-state index in [1.54, 1.807) is 19.1 Å². The zero-order valence-corrected chi connectivity index (χ0v) is 8.25. The number of hydrogen-bond acceptors (Lipinski definition) is 4. The van der Waals surface area contributed by atoms with Crippen molar-refractivity contribution in [1.82, 2.24) is 4.98 Å². The summed E-state index contributed by atoms with van der Waals surface area (Å²) in [6.07, 6.45) is 1.48. The first-order chi connectivity index (χ1) is 7.27. The van der Waals surface area contributed by atoms with Crippen molar-refractivity contribution in [2.45, 2.75) is 20.9 Å². The molecule has 0 fully saturated rings. The monoisotopic (exact) mass is 222 g/mol. The highest BCUT2D eigenvalue weighted by molar-refractivity contribution is 5.89. The number of carbonyl (C=O) groups is 1. The maximum atomic E-state index is 11.3. The molecule has 6 nitrogen and oxygen atoms in total. The molecule has 6 heteroatoms. The summed E-state index contributed by atoms with van der Waals surface area (Å²) in [5, 5.41) is 3.35. The second-order valence-corrected chi connectivity index (χ2v) is 2.65. The minimum absolute atomic E-state index is 0. The maximum Gasteiger partial charge on any atom is 0.338 e. The molecule has 0 amide bonds. The quantitative estimate of drug-likeness (QED) is 0.339. The van der Waals surface area contributed by atoms with E-state index in [1.807, 2.05) is 0 Å². The van der Waals surface area contributed by atoms with Crippen LogP contribution in [0, 0.1) is 0 Å². The van der Waals surface area contributed by atoms with Gasteiger partial charge in [0.15, 0.2) is 0 Å². The smallest absolute Gasteiger partial charge is 0.338 e. The minimum atomic E-state index is -0.401. The van der Waals surface area contributed by atoms with Gasteiger partial charge in [-0.05, 0) is 24.6 Å². The Bertz CT molecular complexity index is 400. The summed E-state index contributed by atoms with van der Waals surface area (Å²) < 4.78 is 4.82. The molecule has 0 N–H and O–H groups in total. The zero-order chi connectivity index (χ0) is 11.1. The Kier molecular flexibility index (Phi) is 6.31. The zero-order valence-electron chi connectivity index (χ0n) is 8.25. The number of hydrogen-bond donors (Lipinski definition) is 0. The van der Waals surface area contributed by atoms with E-state index in [1.165, 1.54) is 6.20 Å². The molecule has 0 atom stereocenters. The number of aromatic nitrogens is 1. The molecule has 0 aliphatic heterocycles. The van der Waals surface area contributed by atoms with Gasteiger partial charge in [0.25, 0.3) is 0 Å². The Morgan fingerprint density at radius 2 is 2.44 bits per heavy atom. The third kappa shape index (κ3) is 3.98. The molecular weight excluding hydrogens is 208 g/mol. The molecule has 0 spiro atoms. The molecule has 0 aliphatic carbocycles. The van der Waals surface area contributed by atoms with Crippen molar-refractivity contribution in [2.75, 3.05) is 6.61 Å². The molecule has 0 radical (unpaired) electrons. The van der Waals surface area contributed by atoms with Crippen molar-refractivity contribution in [3.8, 4) is 0 Å². The third-order valence-electron chi connectivity index (χ3n) is 1.62. The molecule has 0 bridgehead atoms. The summed E-state index contributed by atoms with van der Waals surface area (Å²) in [6.45, 7) is 2.19. The minimum Gasteiger partial charge on any atom is -0.462 e. The van der Waals surface area contributed by atoms with E-state index >= 15 is 0 Å². The molecular formula is C10H14N4O2. The number of esters is 1. The Balaban J connectivity index is 0.00000225. The van der Waals surface area contributed by atoms with Crippen LogP contribution in [0.3, 0.4) is 0 Å². The second-order valence-electron chi connectivity index (χ2n) is 2.65. The van der Waals surface area contributed by atoms with Crippen LogP contribution in [0.1, 0.15) is 30.4 Å². The van der Waals surface area contributed by atoms with E-state index in [0.29, 0.717) is 17.9 Å². The number of pyridine rings is 1. The van der Waals surface area contributed by atoms with Crippen LogP contribution in [-0.2, 0) is 11.3 Å². The fourth-order valence-electron chi connectivity index (χ4n) is 1.01. The van der Waals surface area contributed by atoms with Crippen LogP contribution in [0.2, 0.25) is 0 Å². The first kappa shape index (κ1) is 13.9. The lowest BCUT2D eigenvalue weighted by Gasteiger charge is -2.02. The Hall–Kier alpha value is -2.07. The van der Waals surface area contributed by atoms with Crippen molar-refractivity contribution in [2.24, 2.45) is 5.11 Å². The van der Waals surface area contributed by atoms with Crippen LogP contribution < -0.4 is 0 Å². The van der Waals surface area contributed by atoms with Gasteiger partial charge in [0.1, 0.15) is 0 Å². The summed E-state index contributed by atoms with van der Waals surface area (Å²) in [5.41, 5.74) is 9.08. The van der Waals surface area contributed by atoms with E-state index < -0.39 is 5.97 Å². The molecule has 0 saturated carbocycles. The van der Waals surface area contributed by atoms with Gasteiger partial charge in [-0.2, -0.15) is 0 Å². The van der Waals surface area contributed by atoms with E-state index in [-0.39, 0.29) is 14.0 Å². The van der Waals surface area contributed by atoms with Crippen LogP contribution >= 0.6 is 0 Å². The topological polar surface area (TPSA) is 88.0 Å². The fourth-order valence-corrected chi connectivity index (χ4v) is 1.01. The van der Waals surface area contributed by atoms with E-state index in [9.17, 15) is 4.79 Å². The third-order valence-corrected chi connectivity index (χ3v) is 1.62. The largest absolute Gasteiger partial charge is 0.462 e. The first-order valence-corrected chi connectivity index (χ1v) is 4.40. The Morgan fingerprint density at radius 3 is 3.06 bits per heavy atom. The van der Waals surface area contributed by atoms with Gasteiger partial charge < -0.3 is 4.74 Å². The lowest BCUT2D eigenvalue weighted by molar-refractivity contribution is 0.0526. The summed E-state index contributed by atoms with van der Waals surface area (Å²) in [5.74, 6) is -0.401. The molecule has 1 rings (SSSR count). The summed E-state index contributed by atoms with van der Waals surface area (Å²) in [4.78, 5) is 17.9. The lowest BCUT2D eigenvalue weighted by Crippen LogP contribution is -2.05. The van der Waals surface area contributed by atoms with Crippen molar-refractivity contribution < 1.29 is 9.53 Å². The summed E-state index contributed by atoms with van der Waals surface area (Å²) >= 11 is 0. The second kappa shape index (κ2) is 7.25. The van der Waals surface area contributed by atoms with Crippen molar-refractivity contribution in [3.63, 3.8) is 0 Å². The van der Waals surface area contributed by atoms with Gasteiger partial charge in [-0.15, -0.1) is 0 Å². The average Bonchev–Trinajstić information content (AvgIpc) is 2.27. The Labute approximate surface area is 93.9 Å². The molecule has 86 valence electrons. The Morgan fingerprint density at radius 1 is 1.69 bits per heavy atom. The number of carbonyl (C=O) groups excluding carboxylic acids is 1. The van der Waals surface area contributed by atoms with Crippen molar-refractivity contribution in [1.29, 1.82) is 0 Å². The average molecular weight is 222 g/mol. The molecule has 1 aromatic rings. The molecule has 16 heavy (non-hydrogen) atoms. The van der Waals surface area contributed by atoms with Crippen LogP contribution in [0.15, 0.2) is 23.4 Å². The summed E-state index contributed by atoms with van der Waals surface area (Å²) in [7, 11) is 0. The van der Waals surface area contributed by atoms with E-state index in [2.05, 4.69) is 15.0 Å². The predicted octanol–water partition coefficient (Wildman–Crippen LogP) is 2.70. The number of rotatable bonds is 4. The molecule has 0 saturated heterocycles. The number of nitrogens with zero attached hydrogens (tertiary/aromatic N) is 4. The SMILES string of the molecule is C.CCOC(=O)c1ccnc(CN=[N+]=[N-])c1. The lowest BCUT2D eigenvalue weighted by atomic mass is 10.2. The predicted molar refractivity (Wildman–Crippen MR) is 59.8 cm³/mol. The van der Waals surface area contributed by atoms with E-state index in [0.717, 1.165) is 0 Å². The molecule has 1 heterocycles. The number of azide groups is 1. The van der Waals surface area contributed by atoms with Gasteiger partial charge in [-0.3, -0.25) is 4.98 Å². The number of ether oxygens (including phenoxy) is 1. The van der Waals surface area contributed by atoms with Crippen LogP contribution in [-0.4, -0.2) is 17.6 Å². The molecule has 0 aliphatic rings. The first-order valence-electron chi connectivity index (χ1n) is 4.40. The van der Waals surface area contributed by atoms with Crippen LogP contribution in [0.25, 0.3) is 10.4 Å². The fraction of sp³-hybridized carbons (Fsp3) is 0.400. The molecule has 1 aromatic heterocycles. The molecule has 0 aromatic carbocycles. The highest BCUT2D eigenvalue weighted by Gasteiger charge is 2.06. The van der Waals surface area contributed by atoms with Gasteiger partial charge >= 0.3 is 5.97 Å².